The zero-order chi connectivity index (χ0) is 9.84. The van der Waals surface area contributed by atoms with Crippen molar-refractivity contribution in [3.8, 4) is 0 Å². The molecule has 0 aliphatic carbocycles. The average Bonchev–Trinajstić information content (AvgIpc) is 2.46. The minimum Gasteiger partial charge on any atom is -0.476 e. The number of hydrogen-bond donors (Lipinski definition) is 2. The number of aromatic nitrogens is 2. The van der Waals surface area contributed by atoms with Crippen molar-refractivity contribution in [3.05, 3.63) is 5.82 Å². The van der Waals surface area contributed by atoms with Crippen molar-refractivity contribution in [3.63, 3.8) is 0 Å². The van der Waals surface area contributed by atoms with Gasteiger partial charge in [-0.1, -0.05) is 5.16 Å². The summed E-state index contributed by atoms with van der Waals surface area (Å²) in [7, 11) is 1.23. The molecule has 0 saturated heterocycles. The van der Waals surface area contributed by atoms with Crippen molar-refractivity contribution < 1.29 is 14.7 Å². The maximum Gasteiger partial charge on any atom is 0.362 e. The van der Waals surface area contributed by atoms with Crippen LogP contribution in [-0.4, -0.2) is 33.3 Å². The van der Waals surface area contributed by atoms with Crippen molar-refractivity contribution in [1.29, 1.82) is 0 Å². The smallest absolute Gasteiger partial charge is 0.362 e. The first-order chi connectivity index (χ1) is 6.15. The van der Waals surface area contributed by atoms with Crippen LogP contribution in [0.4, 0.5) is 5.13 Å². The van der Waals surface area contributed by atoms with Crippen molar-refractivity contribution in [1.82, 2.24) is 9.36 Å². The van der Waals surface area contributed by atoms with E-state index in [4.69, 9.17) is 10.8 Å². The number of carbonyl (C=O) groups is 1. The Labute approximate surface area is 77.0 Å². The molecule has 0 bridgehead atoms. The molecule has 0 spiro atoms. The second-order valence-electron chi connectivity index (χ2n) is 1.88. The van der Waals surface area contributed by atoms with E-state index < -0.39 is 5.97 Å². The molecule has 0 aliphatic rings. The third-order valence-corrected chi connectivity index (χ3v) is 1.58. The van der Waals surface area contributed by atoms with Gasteiger partial charge in [-0.05, 0) is 0 Å². The van der Waals surface area contributed by atoms with Gasteiger partial charge in [-0.2, -0.15) is 9.36 Å². The van der Waals surface area contributed by atoms with Gasteiger partial charge >= 0.3 is 5.97 Å². The molecule has 0 unspecified atom stereocenters. The van der Waals surface area contributed by atoms with Crippen LogP contribution in [0.3, 0.4) is 0 Å². The number of carboxylic acid groups (broad SMARTS) is 1. The third kappa shape index (κ3) is 2.12. The summed E-state index contributed by atoms with van der Waals surface area (Å²) in [5.74, 6) is -1.31. The molecule has 0 atom stereocenters. The molecule has 0 aliphatic heterocycles. The van der Waals surface area contributed by atoms with E-state index >= 15 is 0 Å². The van der Waals surface area contributed by atoms with Crippen LogP contribution in [0.15, 0.2) is 5.16 Å². The van der Waals surface area contributed by atoms with E-state index in [9.17, 15) is 4.79 Å². The Hall–Kier alpha value is -1.70. The normalized spacial score (nSPS) is 11.3. The SMILES string of the molecule is CON=C(C(=O)O)c1nsc(N)n1. The summed E-state index contributed by atoms with van der Waals surface area (Å²) < 4.78 is 3.67. The minimum atomic E-state index is -1.26. The lowest BCUT2D eigenvalue weighted by atomic mass is 10.4. The molecule has 0 radical (unpaired) electrons. The summed E-state index contributed by atoms with van der Waals surface area (Å²) in [4.78, 5) is 18.5. The van der Waals surface area contributed by atoms with Gasteiger partial charge in [-0.3, -0.25) is 0 Å². The van der Waals surface area contributed by atoms with E-state index in [-0.39, 0.29) is 16.7 Å². The molecule has 7 nitrogen and oxygen atoms in total. The second kappa shape index (κ2) is 3.81. The minimum absolute atomic E-state index is 0.0446. The molecule has 1 rings (SSSR count). The van der Waals surface area contributed by atoms with E-state index in [0.29, 0.717) is 0 Å². The quantitative estimate of drug-likeness (QED) is 0.507. The number of nitrogens with zero attached hydrogens (tertiary/aromatic N) is 3. The number of aliphatic carboxylic acids is 1. The summed E-state index contributed by atoms with van der Waals surface area (Å²) in [6.45, 7) is 0. The Morgan fingerprint density at radius 1 is 1.77 bits per heavy atom. The number of rotatable bonds is 3. The topological polar surface area (TPSA) is 111 Å². The molecule has 8 heteroatoms. The summed E-state index contributed by atoms with van der Waals surface area (Å²) >= 11 is 0.893. The van der Waals surface area contributed by atoms with Crippen LogP contribution in [-0.2, 0) is 9.63 Å². The molecular weight excluding hydrogens is 196 g/mol. The molecule has 1 aromatic heterocycles. The largest absolute Gasteiger partial charge is 0.476 e. The van der Waals surface area contributed by atoms with Gasteiger partial charge in [0, 0.05) is 11.5 Å². The fourth-order valence-electron chi connectivity index (χ4n) is 0.598. The Kier molecular flexibility index (Phi) is 2.75. The first-order valence-electron chi connectivity index (χ1n) is 3.09. The van der Waals surface area contributed by atoms with Gasteiger partial charge in [0.2, 0.25) is 11.5 Å². The van der Waals surface area contributed by atoms with Gasteiger partial charge < -0.3 is 15.7 Å². The predicted molar refractivity (Wildman–Crippen MR) is 45.5 cm³/mol. The number of anilines is 1. The number of nitrogens with two attached hydrogens (primary N) is 1. The third-order valence-electron chi connectivity index (χ3n) is 1.04. The first-order valence-corrected chi connectivity index (χ1v) is 3.86. The highest BCUT2D eigenvalue weighted by atomic mass is 32.1. The zero-order valence-corrected chi connectivity index (χ0v) is 7.41. The molecule has 0 fully saturated rings. The monoisotopic (exact) mass is 202 g/mol. The highest BCUT2D eigenvalue weighted by Gasteiger charge is 2.18. The van der Waals surface area contributed by atoms with Gasteiger partial charge in [0.1, 0.15) is 7.11 Å². The van der Waals surface area contributed by atoms with Crippen LogP contribution in [0.2, 0.25) is 0 Å². The molecule has 0 saturated carbocycles. The fourth-order valence-corrected chi connectivity index (χ4v) is 1.03. The number of carboxylic acids is 1. The molecule has 3 N–H and O–H groups in total. The number of nitrogen functional groups attached to an aromatic ring is 1. The van der Waals surface area contributed by atoms with Crippen molar-refractivity contribution in [2.45, 2.75) is 0 Å². The van der Waals surface area contributed by atoms with Gasteiger partial charge in [0.05, 0.1) is 0 Å². The zero-order valence-electron chi connectivity index (χ0n) is 6.59. The number of hydrogen-bond acceptors (Lipinski definition) is 7. The van der Waals surface area contributed by atoms with Gasteiger partial charge in [0.15, 0.2) is 5.13 Å². The summed E-state index contributed by atoms with van der Waals surface area (Å²) in [6.07, 6.45) is 0. The fraction of sp³-hybridized carbons (Fsp3) is 0.200. The van der Waals surface area contributed by atoms with Crippen LogP contribution in [0.1, 0.15) is 5.82 Å². The maximum atomic E-state index is 10.6. The lowest BCUT2D eigenvalue weighted by molar-refractivity contribution is -0.129. The van der Waals surface area contributed by atoms with Crippen molar-refractivity contribution >= 4 is 28.3 Å². The molecule has 70 valence electrons. The molecule has 13 heavy (non-hydrogen) atoms. The number of oxime groups is 1. The van der Waals surface area contributed by atoms with Crippen LogP contribution in [0.5, 0.6) is 0 Å². The van der Waals surface area contributed by atoms with Gasteiger partial charge in [-0.15, -0.1) is 0 Å². The molecule has 1 aromatic rings. The molecular formula is C5H6N4O3S. The maximum absolute atomic E-state index is 10.6. The van der Waals surface area contributed by atoms with E-state index in [1.54, 1.807) is 0 Å². The van der Waals surface area contributed by atoms with E-state index in [1.165, 1.54) is 7.11 Å². The molecule has 0 amide bonds. The van der Waals surface area contributed by atoms with Crippen molar-refractivity contribution in [2.24, 2.45) is 5.16 Å². The van der Waals surface area contributed by atoms with E-state index in [0.717, 1.165) is 11.5 Å². The van der Waals surface area contributed by atoms with E-state index in [2.05, 4.69) is 19.4 Å². The highest BCUT2D eigenvalue weighted by molar-refractivity contribution is 7.09. The van der Waals surface area contributed by atoms with Gasteiger partial charge in [0.25, 0.3) is 0 Å². The average molecular weight is 202 g/mol. The Morgan fingerprint density at radius 2 is 2.46 bits per heavy atom. The van der Waals surface area contributed by atoms with Crippen LogP contribution in [0, 0.1) is 0 Å². The lowest BCUT2D eigenvalue weighted by Gasteiger charge is -1.92. The van der Waals surface area contributed by atoms with Crippen LogP contribution < -0.4 is 5.73 Å². The highest BCUT2D eigenvalue weighted by Crippen LogP contribution is 2.06. The standard InChI is InChI=1S/C5H6N4O3S/c1-12-8-2(4(10)11)3-7-5(6)13-9-3/h1H3,(H,10,11)(H2,6,7,9). The Morgan fingerprint density at radius 3 is 2.85 bits per heavy atom. The molecule has 1 heterocycles. The summed E-state index contributed by atoms with van der Waals surface area (Å²) in [5.41, 5.74) is 4.90. The Bertz CT molecular complexity index is 347. The summed E-state index contributed by atoms with van der Waals surface area (Å²) in [6, 6.07) is 0. The Balaban J connectivity index is 3.02. The first kappa shape index (κ1) is 9.39. The molecule has 0 aromatic carbocycles. The van der Waals surface area contributed by atoms with E-state index in [1.807, 2.05) is 0 Å². The summed E-state index contributed by atoms with van der Waals surface area (Å²) in [5, 5.41) is 12.1. The van der Waals surface area contributed by atoms with Crippen LogP contribution >= 0.6 is 11.5 Å². The second-order valence-corrected chi connectivity index (χ2v) is 2.67. The lowest BCUT2D eigenvalue weighted by Crippen LogP contribution is -2.16. The van der Waals surface area contributed by atoms with Gasteiger partial charge in [-0.25, -0.2) is 4.79 Å². The van der Waals surface area contributed by atoms with Crippen LogP contribution in [0.25, 0.3) is 0 Å². The predicted octanol–water partition coefficient (Wildman–Crippen LogP) is -0.445. The van der Waals surface area contributed by atoms with Crippen molar-refractivity contribution in [2.75, 3.05) is 12.8 Å².